The Hall–Kier alpha value is -2.62. The van der Waals surface area contributed by atoms with E-state index in [0.29, 0.717) is 0 Å². The minimum Gasteiger partial charge on any atom is -0.496 e. The number of anilines is 1. The second kappa shape index (κ2) is 6.24. The Morgan fingerprint density at radius 1 is 1.04 bits per heavy atom. The third-order valence-electron chi connectivity index (χ3n) is 4.12. The quantitative estimate of drug-likeness (QED) is 0.773. The summed E-state index contributed by atoms with van der Waals surface area (Å²) in [7, 11) is 1.67. The SMILES string of the molecule is COc1cccc2cnnc(NCC(C)(C)c3ccccc3)c12. The standard InChI is InChI=1S/C19H21N3O/c1-19(2,15-9-5-4-6-10-15)13-20-18-17-14(12-21-22-18)8-7-11-16(17)23-3/h4-12H,13H2,1-3H3,(H,20,22). The fourth-order valence-electron chi connectivity index (χ4n) is 2.70. The Labute approximate surface area is 136 Å². The van der Waals surface area contributed by atoms with Crippen molar-refractivity contribution < 1.29 is 4.74 Å². The average molecular weight is 307 g/mol. The van der Waals surface area contributed by atoms with Crippen LogP contribution < -0.4 is 10.1 Å². The molecule has 0 aliphatic carbocycles. The van der Waals surface area contributed by atoms with Gasteiger partial charge in [0, 0.05) is 17.3 Å². The summed E-state index contributed by atoms with van der Waals surface area (Å²) in [6, 6.07) is 16.4. The molecule has 0 unspecified atom stereocenters. The third-order valence-corrected chi connectivity index (χ3v) is 4.12. The zero-order valence-electron chi connectivity index (χ0n) is 13.7. The lowest BCUT2D eigenvalue weighted by molar-refractivity contribution is 0.419. The first-order chi connectivity index (χ1) is 11.1. The van der Waals surface area contributed by atoms with Crippen LogP contribution in [0.15, 0.2) is 54.7 Å². The lowest BCUT2D eigenvalue weighted by atomic mass is 9.84. The van der Waals surface area contributed by atoms with Gasteiger partial charge in [-0.2, -0.15) is 5.10 Å². The lowest BCUT2D eigenvalue weighted by Crippen LogP contribution is -2.28. The van der Waals surface area contributed by atoms with Crippen LogP contribution in [0.25, 0.3) is 10.8 Å². The van der Waals surface area contributed by atoms with Gasteiger partial charge in [0.25, 0.3) is 0 Å². The summed E-state index contributed by atoms with van der Waals surface area (Å²) in [5.41, 5.74) is 1.26. The van der Waals surface area contributed by atoms with Crippen LogP contribution in [0.5, 0.6) is 5.75 Å². The molecule has 0 aliphatic heterocycles. The van der Waals surface area contributed by atoms with E-state index >= 15 is 0 Å². The summed E-state index contributed by atoms with van der Waals surface area (Å²) in [6.45, 7) is 5.18. The maximum Gasteiger partial charge on any atom is 0.160 e. The van der Waals surface area contributed by atoms with Crippen molar-refractivity contribution in [2.45, 2.75) is 19.3 Å². The van der Waals surface area contributed by atoms with Gasteiger partial charge in [-0.1, -0.05) is 56.3 Å². The number of aromatic nitrogens is 2. The Bertz CT molecular complexity index is 795. The first-order valence-electron chi connectivity index (χ1n) is 7.69. The minimum absolute atomic E-state index is 0.0207. The van der Waals surface area contributed by atoms with Crippen LogP contribution in [0.4, 0.5) is 5.82 Å². The van der Waals surface area contributed by atoms with E-state index < -0.39 is 0 Å². The molecule has 1 N–H and O–H groups in total. The molecule has 0 aliphatic rings. The average Bonchev–Trinajstić information content (AvgIpc) is 2.60. The Morgan fingerprint density at radius 3 is 2.57 bits per heavy atom. The summed E-state index contributed by atoms with van der Waals surface area (Å²) in [4.78, 5) is 0. The molecule has 0 fully saturated rings. The minimum atomic E-state index is -0.0207. The highest BCUT2D eigenvalue weighted by molar-refractivity contribution is 5.96. The summed E-state index contributed by atoms with van der Waals surface area (Å²) in [5, 5.41) is 13.8. The highest BCUT2D eigenvalue weighted by Gasteiger charge is 2.21. The van der Waals surface area contributed by atoms with Gasteiger partial charge in [-0.3, -0.25) is 0 Å². The van der Waals surface area contributed by atoms with Crippen molar-refractivity contribution in [3.8, 4) is 5.75 Å². The van der Waals surface area contributed by atoms with Gasteiger partial charge in [0.15, 0.2) is 5.82 Å². The van der Waals surface area contributed by atoms with Crippen LogP contribution >= 0.6 is 0 Å². The van der Waals surface area contributed by atoms with E-state index in [1.807, 2.05) is 24.3 Å². The predicted octanol–water partition coefficient (Wildman–Crippen LogP) is 4.03. The molecule has 0 radical (unpaired) electrons. The van der Waals surface area contributed by atoms with Crippen LogP contribution in [-0.4, -0.2) is 23.9 Å². The fraction of sp³-hybridized carbons (Fsp3) is 0.263. The molecular weight excluding hydrogens is 286 g/mol. The maximum atomic E-state index is 5.48. The molecule has 3 aromatic rings. The van der Waals surface area contributed by atoms with Gasteiger partial charge >= 0.3 is 0 Å². The smallest absolute Gasteiger partial charge is 0.160 e. The van der Waals surface area contributed by atoms with Crippen molar-refractivity contribution in [3.05, 3.63) is 60.3 Å². The number of rotatable bonds is 5. The number of ether oxygens (including phenoxy) is 1. The lowest BCUT2D eigenvalue weighted by Gasteiger charge is -2.26. The van der Waals surface area contributed by atoms with Gasteiger partial charge in [0.2, 0.25) is 0 Å². The second-order valence-corrected chi connectivity index (χ2v) is 6.22. The van der Waals surface area contributed by atoms with E-state index in [1.165, 1.54) is 5.56 Å². The molecule has 0 atom stereocenters. The largest absolute Gasteiger partial charge is 0.496 e. The molecule has 2 aromatic carbocycles. The third kappa shape index (κ3) is 3.11. The maximum absolute atomic E-state index is 5.48. The van der Waals surface area contributed by atoms with E-state index in [2.05, 4.69) is 53.6 Å². The Balaban J connectivity index is 1.90. The highest BCUT2D eigenvalue weighted by Crippen LogP contribution is 2.31. The molecule has 0 saturated carbocycles. The van der Waals surface area contributed by atoms with Crippen molar-refractivity contribution in [2.75, 3.05) is 19.0 Å². The van der Waals surface area contributed by atoms with E-state index in [9.17, 15) is 0 Å². The normalized spacial score (nSPS) is 11.4. The monoisotopic (exact) mass is 307 g/mol. The number of hydrogen-bond donors (Lipinski definition) is 1. The molecule has 0 spiro atoms. The highest BCUT2D eigenvalue weighted by atomic mass is 16.5. The van der Waals surface area contributed by atoms with E-state index in [1.54, 1.807) is 13.3 Å². The molecule has 4 nitrogen and oxygen atoms in total. The van der Waals surface area contributed by atoms with Crippen LogP contribution in [0.2, 0.25) is 0 Å². The summed E-state index contributed by atoms with van der Waals surface area (Å²) in [5.74, 6) is 1.56. The van der Waals surface area contributed by atoms with Crippen molar-refractivity contribution in [1.29, 1.82) is 0 Å². The summed E-state index contributed by atoms with van der Waals surface area (Å²) >= 11 is 0. The van der Waals surface area contributed by atoms with Gasteiger partial charge in [-0.05, 0) is 11.6 Å². The topological polar surface area (TPSA) is 47.0 Å². The van der Waals surface area contributed by atoms with Crippen LogP contribution in [-0.2, 0) is 5.41 Å². The Morgan fingerprint density at radius 2 is 1.83 bits per heavy atom. The zero-order valence-corrected chi connectivity index (χ0v) is 13.7. The number of nitrogens with zero attached hydrogens (tertiary/aromatic N) is 2. The van der Waals surface area contributed by atoms with Crippen LogP contribution in [0, 0.1) is 0 Å². The second-order valence-electron chi connectivity index (χ2n) is 6.22. The van der Waals surface area contributed by atoms with Gasteiger partial charge in [0.1, 0.15) is 5.75 Å². The predicted molar refractivity (Wildman–Crippen MR) is 94.0 cm³/mol. The molecule has 0 amide bonds. The van der Waals surface area contributed by atoms with Gasteiger partial charge in [0.05, 0.1) is 18.7 Å². The number of methoxy groups -OCH3 is 1. The number of nitrogens with one attached hydrogen (secondary N) is 1. The first-order valence-corrected chi connectivity index (χ1v) is 7.69. The van der Waals surface area contributed by atoms with Crippen LogP contribution in [0.3, 0.4) is 0 Å². The first kappa shape index (κ1) is 15.3. The summed E-state index contributed by atoms with van der Waals surface area (Å²) in [6.07, 6.45) is 1.76. The molecular formula is C19H21N3O. The molecule has 0 saturated heterocycles. The van der Waals surface area contributed by atoms with E-state index in [4.69, 9.17) is 4.74 Å². The number of fused-ring (bicyclic) bond motifs is 1. The molecule has 3 rings (SSSR count). The van der Waals surface area contributed by atoms with Gasteiger partial charge in [-0.15, -0.1) is 5.10 Å². The van der Waals surface area contributed by atoms with Gasteiger partial charge in [-0.25, -0.2) is 0 Å². The van der Waals surface area contributed by atoms with Crippen LogP contribution in [0.1, 0.15) is 19.4 Å². The molecule has 1 heterocycles. The van der Waals surface area contributed by atoms with E-state index in [-0.39, 0.29) is 5.41 Å². The van der Waals surface area contributed by atoms with Crippen molar-refractivity contribution >= 4 is 16.6 Å². The molecule has 0 bridgehead atoms. The number of hydrogen-bond acceptors (Lipinski definition) is 4. The molecule has 118 valence electrons. The number of benzene rings is 2. The Kier molecular flexibility index (Phi) is 4.15. The summed E-state index contributed by atoms with van der Waals surface area (Å²) < 4.78 is 5.48. The van der Waals surface area contributed by atoms with Crippen molar-refractivity contribution in [3.63, 3.8) is 0 Å². The molecule has 4 heteroatoms. The van der Waals surface area contributed by atoms with E-state index in [0.717, 1.165) is 28.9 Å². The molecule has 1 aromatic heterocycles. The van der Waals surface area contributed by atoms with Gasteiger partial charge < -0.3 is 10.1 Å². The molecule has 23 heavy (non-hydrogen) atoms. The zero-order chi connectivity index (χ0) is 16.3. The van der Waals surface area contributed by atoms with Crippen molar-refractivity contribution in [2.24, 2.45) is 0 Å². The van der Waals surface area contributed by atoms with Crippen molar-refractivity contribution in [1.82, 2.24) is 10.2 Å². The fourth-order valence-corrected chi connectivity index (χ4v) is 2.70.